The van der Waals surface area contributed by atoms with Crippen LogP contribution in [-0.2, 0) is 11.3 Å². The van der Waals surface area contributed by atoms with Gasteiger partial charge in [0.1, 0.15) is 17.0 Å². The second-order valence-electron chi connectivity index (χ2n) is 7.12. The summed E-state index contributed by atoms with van der Waals surface area (Å²) >= 11 is 1.43. The quantitative estimate of drug-likeness (QED) is 0.685. The first kappa shape index (κ1) is 18.8. The molecule has 1 aliphatic rings. The van der Waals surface area contributed by atoms with E-state index in [1.54, 1.807) is 11.2 Å². The van der Waals surface area contributed by atoms with E-state index >= 15 is 0 Å². The average molecular weight is 397 g/mol. The minimum atomic E-state index is 0.00873. The topological polar surface area (TPSA) is 67.4 Å². The van der Waals surface area contributed by atoms with E-state index in [2.05, 4.69) is 15.3 Å². The lowest BCUT2D eigenvalue weighted by atomic mass is 10.1. The van der Waals surface area contributed by atoms with Crippen molar-refractivity contribution in [2.24, 2.45) is 0 Å². The van der Waals surface area contributed by atoms with Crippen LogP contribution in [0.4, 0.5) is 5.82 Å². The Kier molecular flexibility index (Phi) is 5.54. The molecule has 3 heterocycles. The molecule has 0 aliphatic carbocycles. The summed E-state index contributed by atoms with van der Waals surface area (Å²) in [5.74, 6) is 0.786. The van der Waals surface area contributed by atoms with Crippen LogP contribution < -0.4 is 5.32 Å². The summed E-state index contributed by atoms with van der Waals surface area (Å²) in [6, 6.07) is 10.0. The molecular weight excluding hydrogens is 372 g/mol. The third kappa shape index (κ3) is 3.86. The highest BCUT2D eigenvalue weighted by Crippen LogP contribution is 2.34. The Morgan fingerprint density at radius 2 is 2.14 bits per heavy atom. The number of carbonyl (C=O) groups excluding carboxylic acids is 1. The monoisotopic (exact) mass is 396 g/mol. The van der Waals surface area contributed by atoms with E-state index in [0.717, 1.165) is 53.2 Å². The van der Waals surface area contributed by atoms with Crippen molar-refractivity contribution in [1.82, 2.24) is 14.9 Å². The zero-order valence-corrected chi connectivity index (χ0v) is 17.0. The maximum atomic E-state index is 13.1. The fraction of sp³-hybridized carbons (Fsp3) is 0.381. The van der Waals surface area contributed by atoms with E-state index in [4.69, 9.17) is 4.74 Å². The summed E-state index contributed by atoms with van der Waals surface area (Å²) in [5, 5.41) is 4.33. The minimum Gasteiger partial charge on any atom is -0.376 e. The number of thiophene rings is 1. The van der Waals surface area contributed by atoms with E-state index in [1.165, 1.54) is 11.3 Å². The van der Waals surface area contributed by atoms with Gasteiger partial charge in [0.25, 0.3) is 5.91 Å². The Balaban J connectivity index is 1.56. The van der Waals surface area contributed by atoms with E-state index < -0.39 is 0 Å². The molecule has 2 aromatic heterocycles. The zero-order chi connectivity index (χ0) is 19.5. The standard InChI is InChI=1S/C21H24N4O2S/c1-14-17-19(22-11-16-9-6-10-27-16)23-13-24-20(17)28-18(14)21(26)25(2)12-15-7-4-3-5-8-15/h3-5,7-8,13,16H,6,9-12H2,1-2H3,(H,22,23,24)/t16-/m0/s1. The van der Waals surface area contributed by atoms with E-state index in [-0.39, 0.29) is 12.0 Å². The zero-order valence-electron chi connectivity index (χ0n) is 16.1. The van der Waals surface area contributed by atoms with Gasteiger partial charge in [-0.05, 0) is 30.9 Å². The number of carbonyl (C=O) groups is 1. The lowest BCUT2D eigenvalue weighted by molar-refractivity contribution is 0.0789. The van der Waals surface area contributed by atoms with Gasteiger partial charge in [-0.2, -0.15) is 0 Å². The van der Waals surface area contributed by atoms with Crippen molar-refractivity contribution in [2.45, 2.75) is 32.4 Å². The molecule has 7 heteroatoms. The maximum Gasteiger partial charge on any atom is 0.264 e. The van der Waals surface area contributed by atoms with Crippen LogP contribution in [0, 0.1) is 6.92 Å². The second kappa shape index (κ2) is 8.24. The molecule has 0 saturated carbocycles. The van der Waals surface area contributed by atoms with Crippen LogP contribution in [0.15, 0.2) is 36.7 Å². The fourth-order valence-electron chi connectivity index (χ4n) is 3.53. The summed E-state index contributed by atoms with van der Waals surface area (Å²) < 4.78 is 5.68. The molecule has 1 aliphatic heterocycles. The van der Waals surface area contributed by atoms with Gasteiger partial charge in [0.2, 0.25) is 0 Å². The minimum absolute atomic E-state index is 0.00873. The van der Waals surface area contributed by atoms with Gasteiger partial charge in [-0.1, -0.05) is 30.3 Å². The average Bonchev–Trinajstić information content (AvgIpc) is 3.35. The molecule has 1 N–H and O–H groups in total. The predicted molar refractivity (Wildman–Crippen MR) is 112 cm³/mol. The van der Waals surface area contributed by atoms with Gasteiger partial charge >= 0.3 is 0 Å². The molecule has 28 heavy (non-hydrogen) atoms. The first-order chi connectivity index (χ1) is 13.6. The number of anilines is 1. The van der Waals surface area contributed by atoms with Crippen LogP contribution in [0.5, 0.6) is 0 Å². The van der Waals surface area contributed by atoms with Crippen molar-refractivity contribution in [3.63, 3.8) is 0 Å². The number of nitrogens with one attached hydrogen (secondary N) is 1. The van der Waals surface area contributed by atoms with Gasteiger partial charge in [-0.15, -0.1) is 11.3 Å². The van der Waals surface area contributed by atoms with Gasteiger partial charge in [0.05, 0.1) is 16.4 Å². The molecule has 3 aromatic rings. The normalized spacial score (nSPS) is 16.4. The van der Waals surface area contributed by atoms with Crippen molar-refractivity contribution in [3.05, 3.63) is 52.7 Å². The predicted octanol–water partition coefficient (Wildman–Crippen LogP) is 3.86. The van der Waals surface area contributed by atoms with Gasteiger partial charge in [-0.3, -0.25) is 4.79 Å². The summed E-state index contributed by atoms with van der Waals surface area (Å²) in [6.07, 6.45) is 3.95. The van der Waals surface area contributed by atoms with Crippen LogP contribution in [0.25, 0.3) is 10.2 Å². The number of aryl methyl sites for hydroxylation is 1. The van der Waals surface area contributed by atoms with Crippen molar-refractivity contribution in [3.8, 4) is 0 Å². The second-order valence-corrected chi connectivity index (χ2v) is 8.12. The Morgan fingerprint density at radius 3 is 2.89 bits per heavy atom. The summed E-state index contributed by atoms with van der Waals surface area (Å²) in [7, 11) is 1.83. The molecular formula is C21H24N4O2S. The van der Waals surface area contributed by atoms with Crippen LogP contribution >= 0.6 is 11.3 Å². The summed E-state index contributed by atoms with van der Waals surface area (Å²) in [4.78, 5) is 25.2. The maximum absolute atomic E-state index is 13.1. The molecule has 1 aromatic carbocycles. The number of hydrogen-bond donors (Lipinski definition) is 1. The molecule has 0 radical (unpaired) electrons. The van der Waals surface area contributed by atoms with Crippen molar-refractivity contribution < 1.29 is 9.53 Å². The van der Waals surface area contributed by atoms with E-state index in [9.17, 15) is 4.79 Å². The highest BCUT2D eigenvalue weighted by molar-refractivity contribution is 7.20. The highest BCUT2D eigenvalue weighted by Gasteiger charge is 2.23. The van der Waals surface area contributed by atoms with Gasteiger partial charge < -0.3 is 15.0 Å². The first-order valence-electron chi connectivity index (χ1n) is 9.52. The molecule has 0 bridgehead atoms. The SMILES string of the molecule is Cc1c(C(=O)N(C)Cc2ccccc2)sc2ncnc(NC[C@@H]3CCCO3)c12. The molecule has 0 unspecified atom stereocenters. The van der Waals surface area contributed by atoms with Crippen molar-refractivity contribution >= 4 is 33.3 Å². The van der Waals surface area contributed by atoms with E-state index in [1.807, 2.05) is 44.3 Å². The van der Waals surface area contributed by atoms with Gasteiger partial charge in [0.15, 0.2) is 0 Å². The number of ether oxygens (including phenoxy) is 1. The number of aromatic nitrogens is 2. The largest absolute Gasteiger partial charge is 0.376 e. The number of rotatable bonds is 6. The smallest absolute Gasteiger partial charge is 0.264 e. The Morgan fingerprint density at radius 1 is 1.32 bits per heavy atom. The van der Waals surface area contributed by atoms with Crippen molar-refractivity contribution in [2.75, 3.05) is 25.5 Å². The van der Waals surface area contributed by atoms with E-state index in [0.29, 0.717) is 11.4 Å². The van der Waals surface area contributed by atoms with Crippen LogP contribution in [0.2, 0.25) is 0 Å². The molecule has 1 fully saturated rings. The third-order valence-corrected chi connectivity index (χ3v) is 6.24. The molecule has 146 valence electrons. The summed E-state index contributed by atoms with van der Waals surface area (Å²) in [6.45, 7) is 4.10. The molecule has 0 spiro atoms. The highest BCUT2D eigenvalue weighted by atomic mass is 32.1. The molecule has 1 amide bonds. The third-order valence-electron chi connectivity index (χ3n) is 5.05. The Bertz CT molecular complexity index is 967. The number of amides is 1. The number of hydrogen-bond acceptors (Lipinski definition) is 6. The first-order valence-corrected chi connectivity index (χ1v) is 10.3. The Labute approximate surface area is 168 Å². The lowest BCUT2D eigenvalue weighted by Crippen LogP contribution is -2.25. The molecule has 1 saturated heterocycles. The molecule has 6 nitrogen and oxygen atoms in total. The number of fused-ring (bicyclic) bond motifs is 1. The van der Waals surface area contributed by atoms with Crippen LogP contribution in [-0.4, -0.2) is 47.1 Å². The van der Waals surface area contributed by atoms with Gasteiger partial charge in [-0.25, -0.2) is 9.97 Å². The van der Waals surface area contributed by atoms with Gasteiger partial charge in [0, 0.05) is 26.7 Å². The van der Waals surface area contributed by atoms with Crippen molar-refractivity contribution in [1.29, 1.82) is 0 Å². The number of nitrogens with zero attached hydrogens (tertiary/aromatic N) is 3. The van der Waals surface area contributed by atoms with Crippen LogP contribution in [0.3, 0.4) is 0 Å². The summed E-state index contributed by atoms with van der Waals surface area (Å²) in [5.41, 5.74) is 2.04. The Hall–Kier alpha value is -2.51. The number of benzene rings is 1. The molecule has 4 rings (SSSR count). The molecule has 1 atom stereocenters. The van der Waals surface area contributed by atoms with Crippen LogP contribution in [0.1, 0.15) is 33.6 Å². The lowest BCUT2D eigenvalue weighted by Gasteiger charge is -2.17. The fourth-order valence-corrected chi connectivity index (χ4v) is 4.67.